The topological polar surface area (TPSA) is 54.5 Å². The number of carbonyl (C=O) groups excluding carboxylic acids is 1. The number of hydrogen-bond acceptors (Lipinski definition) is 4. The second-order valence-electron chi connectivity index (χ2n) is 7.76. The number of piperidine rings is 1. The van der Waals surface area contributed by atoms with Gasteiger partial charge in [-0.1, -0.05) is 24.3 Å². The molecule has 152 valence electrons. The summed E-state index contributed by atoms with van der Waals surface area (Å²) < 4.78 is 5.23. The molecule has 29 heavy (non-hydrogen) atoms. The maximum Gasteiger partial charge on any atom is 0.228 e. The number of hydrogen-bond donors (Lipinski definition) is 1. The lowest BCUT2D eigenvalue weighted by molar-refractivity contribution is -0.119. The smallest absolute Gasteiger partial charge is 0.228 e. The van der Waals surface area contributed by atoms with Crippen LogP contribution in [0.2, 0.25) is 0 Å². The lowest BCUT2D eigenvalue weighted by Gasteiger charge is -2.35. The second-order valence-corrected chi connectivity index (χ2v) is 7.76. The number of amides is 1. The van der Waals surface area contributed by atoms with Gasteiger partial charge in [0, 0.05) is 24.7 Å². The second kappa shape index (κ2) is 9.23. The van der Waals surface area contributed by atoms with Crippen molar-refractivity contribution in [3.8, 4) is 5.75 Å². The van der Waals surface area contributed by atoms with E-state index in [4.69, 9.17) is 9.72 Å². The first-order chi connectivity index (χ1) is 14.3. The van der Waals surface area contributed by atoms with E-state index >= 15 is 0 Å². The van der Waals surface area contributed by atoms with Crippen molar-refractivity contribution in [3.63, 3.8) is 0 Å². The molecule has 1 saturated heterocycles. The summed E-state index contributed by atoms with van der Waals surface area (Å²) in [5.74, 6) is 1.86. The maximum atomic E-state index is 13.4. The number of ether oxygens (including phenoxy) is 1. The van der Waals surface area contributed by atoms with Crippen LogP contribution in [0.1, 0.15) is 36.0 Å². The van der Waals surface area contributed by atoms with Crippen LogP contribution in [-0.4, -0.2) is 37.1 Å². The minimum Gasteiger partial charge on any atom is -0.497 e. The summed E-state index contributed by atoms with van der Waals surface area (Å²) in [6.07, 6.45) is 11.3. The molecule has 1 fully saturated rings. The van der Waals surface area contributed by atoms with E-state index in [1.807, 2.05) is 35.4 Å². The normalized spacial score (nSPS) is 18.2. The molecule has 2 aliphatic rings. The third-order valence-electron chi connectivity index (χ3n) is 5.88. The highest BCUT2D eigenvalue weighted by Gasteiger charge is 2.30. The number of nitrogens with one attached hydrogen (secondary N) is 1. The van der Waals surface area contributed by atoms with Crippen LogP contribution < -0.4 is 15.0 Å². The van der Waals surface area contributed by atoms with E-state index in [0.29, 0.717) is 12.8 Å². The summed E-state index contributed by atoms with van der Waals surface area (Å²) in [4.78, 5) is 20.1. The molecule has 5 heteroatoms. The zero-order valence-corrected chi connectivity index (χ0v) is 17.1. The first-order valence-corrected chi connectivity index (χ1v) is 10.5. The predicted octanol–water partition coefficient (Wildman–Crippen LogP) is 3.46. The lowest BCUT2D eigenvalue weighted by atomic mass is 9.96. The number of benzene rings is 1. The Morgan fingerprint density at radius 1 is 1.21 bits per heavy atom. The van der Waals surface area contributed by atoms with Crippen LogP contribution >= 0.6 is 0 Å². The Bertz CT molecular complexity index is 870. The summed E-state index contributed by atoms with van der Waals surface area (Å²) in [5.41, 5.74) is 3.64. The number of anilines is 1. The van der Waals surface area contributed by atoms with Crippen molar-refractivity contribution in [3.05, 3.63) is 65.4 Å². The third-order valence-corrected chi connectivity index (χ3v) is 5.88. The molecule has 0 radical (unpaired) electrons. The van der Waals surface area contributed by atoms with E-state index in [1.165, 1.54) is 11.1 Å². The predicted molar refractivity (Wildman–Crippen MR) is 115 cm³/mol. The van der Waals surface area contributed by atoms with Gasteiger partial charge in [0.2, 0.25) is 5.91 Å². The van der Waals surface area contributed by atoms with Crippen molar-refractivity contribution < 1.29 is 9.53 Å². The van der Waals surface area contributed by atoms with Crippen LogP contribution in [0, 0.1) is 0 Å². The van der Waals surface area contributed by atoms with Crippen molar-refractivity contribution in [2.24, 2.45) is 0 Å². The standard InChI is InChI=1S/C24H29N3O2/c1-29-21-11-8-18(9-12-21)10-13-23(28)27(20-6-4-15-25-17-20)24-22-7-3-2-5-19(22)14-16-26-24/h2-3,8-9,11-12,14,16,20,25H,4-7,10,13,15,17H2,1H3/t20-/m1/s1. The Morgan fingerprint density at radius 3 is 2.79 bits per heavy atom. The molecule has 0 bridgehead atoms. The first kappa shape index (κ1) is 19.6. The molecule has 1 aliphatic carbocycles. The molecule has 4 rings (SSSR count). The number of carbonyl (C=O) groups is 1. The first-order valence-electron chi connectivity index (χ1n) is 10.5. The lowest BCUT2D eigenvalue weighted by Crippen LogP contribution is -2.50. The average Bonchev–Trinajstić information content (AvgIpc) is 2.79. The fourth-order valence-corrected chi connectivity index (χ4v) is 4.27. The van der Waals surface area contributed by atoms with E-state index < -0.39 is 0 Å². The Morgan fingerprint density at radius 2 is 2.03 bits per heavy atom. The SMILES string of the molecule is COc1ccc(CCC(=O)N(c2nccc3c2CC=CC3)[C@@H]2CCCNC2)cc1. The largest absolute Gasteiger partial charge is 0.497 e. The molecule has 0 spiro atoms. The zero-order chi connectivity index (χ0) is 20.1. The Balaban J connectivity index is 1.56. The molecule has 1 aliphatic heterocycles. The molecule has 2 aromatic rings. The summed E-state index contributed by atoms with van der Waals surface area (Å²) in [7, 11) is 1.66. The van der Waals surface area contributed by atoms with Crippen molar-refractivity contribution in [2.45, 2.75) is 44.6 Å². The monoisotopic (exact) mass is 391 g/mol. The highest BCUT2D eigenvalue weighted by atomic mass is 16.5. The molecular formula is C24H29N3O2. The Labute approximate surface area is 172 Å². The fourth-order valence-electron chi connectivity index (χ4n) is 4.27. The van der Waals surface area contributed by atoms with Crippen LogP contribution in [-0.2, 0) is 24.1 Å². The van der Waals surface area contributed by atoms with Gasteiger partial charge in [0.05, 0.1) is 13.2 Å². The van der Waals surface area contributed by atoms with E-state index in [-0.39, 0.29) is 11.9 Å². The number of nitrogens with zero attached hydrogens (tertiary/aromatic N) is 2. The molecule has 1 amide bonds. The molecule has 2 heterocycles. The van der Waals surface area contributed by atoms with E-state index in [9.17, 15) is 4.79 Å². The molecule has 1 aromatic carbocycles. The number of aromatic nitrogens is 1. The van der Waals surface area contributed by atoms with Gasteiger partial charge < -0.3 is 10.1 Å². The maximum absolute atomic E-state index is 13.4. The van der Waals surface area contributed by atoms with Crippen LogP contribution in [0.25, 0.3) is 0 Å². The number of allylic oxidation sites excluding steroid dienone is 2. The summed E-state index contributed by atoms with van der Waals surface area (Å²) in [6, 6.07) is 10.2. The van der Waals surface area contributed by atoms with Gasteiger partial charge in [0.15, 0.2) is 0 Å². The minimum atomic E-state index is 0.157. The fraction of sp³-hybridized carbons (Fsp3) is 0.417. The molecule has 5 nitrogen and oxygen atoms in total. The van der Waals surface area contributed by atoms with E-state index in [0.717, 1.165) is 55.9 Å². The Hall–Kier alpha value is -2.66. The molecule has 1 N–H and O–H groups in total. The molecular weight excluding hydrogens is 362 g/mol. The highest BCUT2D eigenvalue weighted by molar-refractivity contribution is 5.94. The van der Waals surface area contributed by atoms with Gasteiger partial charge in [0.1, 0.15) is 11.6 Å². The van der Waals surface area contributed by atoms with Gasteiger partial charge in [-0.05, 0) is 68.0 Å². The molecule has 0 unspecified atom stereocenters. The van der Waals surface area contributed by atoms with Crippen LogP contribution in [0.5, 0.6) is 5.75 Å². The number of methoxy groups -OCH3 is 1. The number of fused-ring (bicyclic) bond motifs is 1. The van der Waals surface area contributed by atoms with Gasteiger partial charge in [-0.2, -0.15) is 0 Å². The van der Waals surface area contributed by atoms with Crippen LogP contribution in [0.4, 0.5) is 5.82 Å². The van der Waals surface area contributed by atoms with Gasteiger partial charge in [-0.15, -0.1) is 0 Å². The van der Waals surface area contributed by atoms with Gasteiger partial charge in [-0.25, -0.2) is 4.98 Å². The van der Waals surface area contributed by atoms with Crippen molar-refractivity contribution in [2.75, 3.05) is 25.1 Å². The number of rotatable bonds is 6. The molecule has 1 atom stereocenters. The number of aryl methyl sites for hydroxylation is 1. The molecule has 1 aromatic heterocycles. The van der Waals surface area contributed by atoms with Gasteiger partial charge in [-0.3, -0.25) is 9.69 Å². The quantitative estimate of drug-likeness (QED) is 0.766. The van der Waals surface area contributed by atoms with E-state index in [2.05, 4.69) is 23.5 Å². The highest BCUT2D eigenvalue weighted by Crippen LogP contribution is 2.29. The average molecular weight is 392 g/mol. The summed E-state index contributed by atoms with van der Waals surface area (Å²) in [6.45, 7) is 1.85. The number of pyridine rings is 1. The summed E-state index contributed by atoms with van der Waals surface area (Å²) >= 11 is 0. The van der Waals surface area contributed by atoms with Crippen LogP contribution in [0.15, 0.2) is 48.7 Å². The summed E-state index contributed by atoms with van der Waals surface area (Å²) in [5, 5.41) is 3.46. The van der Waals surface area contributed by atoms with Gasteiger partial charge in [0.25, 0.3) is 0 Å². The Kier molecular flexibility index (Phi) is 6.25. The minimum absolute atomic E-state index is 0.157. The van der Waals surface area contributed by atoms with Gasteiger partial charge >= 0.3 is 0 Å². The zero-order valence-electron chi connectivity index (χ0n) is 17.1. The van der Waals surface area contributed by atoms with Crippen molar-refractivity contribution in [1.82, 2.24) is 10.3 Å². The van der Waals surface area contributed by atoms with Crippen molar-refractivity contribution >= 4 is 11.7 Å². The van der Waals surface area contributed by atoms with E-state index in [1.54, 1.807) is 7.11 Å². The third kappa shape index (κ3) is 4.51. The van der Waals surface area contributed by atoms with Crippen molar-refractivity contribution in [1.29, 1.82) is 0 Å². The van der Waals surface area contributed by atoms with Crippen LogP contribution in [0.3, 0.4) is 0 Å². The molecule has 0 saturated carbocycles.